The van der Waals surface area contributed by atoms with Crippen molar-refractivity contribution in [2.45, 2.75) is 17.7 Å². The summed E-state index contributed by atoms with van der Waals surface area (Å²) in [4.78, 5) is 16.4. The molecule has 0 radical (unpaired) electrons. The Morgan fingerprint density at radius 3 is 2.60 bits per heavy atom. The van der Waals surface area contributed by atoms with Gasteiger partial charge in [0, 0.05) is 24.0 Å². The van der Waals surface area contributed by atoms with Gasteiger partial charge in [-0.25, -0.2) is 17.8 Å². The predicted molar refractivity (Wildman–Crippen MR) is 113 cm³/mol. The van der Waals surface area contributed by atoms with Crippen molar-refractivity contribution in [3.63, 3.8) is 0 Å². The van der Waals surface area contributed by atoms with E-state index in [4.69, 9.17) is 11.6 Å². The fourth-order valence-corrected chi connectivity index (χ4v) is 5.06. The lowest BCUT2D eigenvalue weighted by atomic mass is 10.0. The third kappa shape index (κ3) is 4.01. The van der Waals surface area contributed by atoms with E-state index in [2.05, 4.69) is 10.3 Å². The van der Waals surface area contributed by atoms with E-state index in [1.165, 1.54) is 34.8 Å². The highest BCUT2D eigenvalue weighted by Gasteiger charge is 2.29. The van der Waals surface area contributed by atoms with E-state index < -0.39 is 15.8 Å². The second-order valence-electron chi connectivity index (χ2n) is 6.80. The topological polar surface area (TPSA) is 79.4 Å². The van der Waals surface area contributed by atoms with Crippen LogP contribution in [0.1, 0.15) is 22.3 Å². The van der Waals surface area contributed by atoms with Crippen molar-refractivity contribution >= 4 is 38.9 Å². The molecule has 0 fully saturated rings. The lowest BCUT2D eigenvalue weighted by molar-refractivity contribution is 0.102. The van der Waals surface area contributed by atoms with E-state index in [0.29, 0.717) is 29.9 Å². The Morgan fingerprint density at radius 1 is 1.10 bits per heavy atom. The van der Waals surface area contributed by atoms with Gasteiger partial charge in [0.05, 0.1) is 10.6 Å². The van der Waals surface area contributed by atoms with Gasteiger partial charge in [0.1, 0.15) is 11.0 Å². The van der Waals surface area contributed by atoms with Gasteiger partial charge in [-0.3, -0.25) is 9.10 Å². The maximum absolute atomic E-state index is 13.2. The molecule has 1 aliphatic heterocycles. The summed E-state index contributed by atoms with van der Waals surface area (Å²) in [6.45, 7) is 0.296. The van der Waals surface area contributed by atoms with Crippen LogP contribution in [0.2, 0.25) is 5.15 Å². The van der Waals surface area contributed by atoms with Crippen LogP contribution in [0.5, 0.6) is 0 Å². The molecular formula is C21H17ClFN3O3S. The lowest BCUT2D eigenvalue weighted by Gasteiger charge is -2.31. The van der Waals surface area contributed by atoms with Crippen molar-refractivity contribution in [2.24, 2.45) is 0 Å². The number of hydrogen-bond acceptors (Lipinski definition) is 4. The molecule has 2 aromatic carbocycles. The third-order valence-electron chi connectivity index (χ3n) is 4.81. The molecule has 0 bridgehead atoms. The van der Waals surface area contributed by atoms with Gasteiger partial charge in [-0.15, -0.1) is 0 Å². The number of aryl methyl sites for hydroxylation is 1. The summed E-state index contributed by atoms with van der Waals surface area (Å²) in [7, 11) is -3.87. The first-order chi connectivity index (χ1) is 14.3. The number of benzene rings is 2. The first-order valence-electron chi connectivity index (χ1n) is 9.19. The number of sulfonamides is 1. The van der Waals surface area contributed by atoms with Crippen LogP contribution >= 0.6 is 11.6 Å². The number of aromatic nitrogens is 1. The summed E-state index contributed by atoms with van der Waals surface area (Å²) in [5.74, 6) is -0.891. The number of pyridine rings is 1. The minimum atomic E-state index is -3.87. The fraction of sp³-hybridized carbons (Fsp3) is 0.143. The quantitative estimate of drug-likeness (QED) is 0.608. The molecular weight excluding hydrogens is 429 g/mol. The van der Waals surface area contributed by atoms with Crippen LogP contribution < -0.4 is 9.62 Å². The summed E-state index contributed by atoms with van der Waals surface area (Å²) in [6, 6.07) is 12.9. The summed E-state index contributed by atoms with van der Waals surface area (Å²) in [5.41, 5.74) is 2.14. The molecule has 3 aromatic rings. The van der Waals surface area contributed by atoms with Crippen LogP contribution in [0.3, 0.4) is 0 Å². The van der Waals surface area contributed by atoms with E-state index in [9.17, 15) is 17.6 Å². The monoisotopic (exact) mass is 445 g/mol. The minimum Gasteiger partial charge on any atom is -0.322 e. The molecule has 0 atom stereocenters. The number of nitrogens with zero attached hydrogens (tertiary/aromatic N) is 2. The van der Waals surface area contributed by atoms with Crippen LogP contribution in [0.4, 0.5) is 15.8 Å². The normalized spacial score (nSPS) is 13.6. The molecule has 1 amide bonds. The Bertz CT molecular complexity index is 1220. The van der Waals surface area contributed by atoms with Crippen molar-refractivity contribution in [3.05, 3.63) is 82.9 Å². The number of hydrogen-bond donors (Lipinski definition) is 1. The molecule has 1 N–H and O–H groups in total. The van der Waals surface area contributed by atoms with Crippen LogP contribution in [0, 0.1) is 5.82 Å². The molecule has 0 aliphatic carbocycles. The van der Waals surface area contributed by atoms with E-state index in [1.807, 2.05) is 0 Å². The number of carbonyl (C=O) groups excluding carboxylic acids is 1. The highest BCUT2D eigenvalue weighted by molar-refractivity contribution is 7.92. The summed E-state index contributed by atoms with van der Waals surface area (Å²) < 4.78 is 40.8. The van der Waals surface area contributed by atoms with Crippen molar-refractivity contribution in [3.8, 4) is 0 Å². The average molecular weight is 446 g/mol. The van der Waals surface area contributed by atoms with Gasteiger partial charge in [-0.2, -0.15) is 0 Å². The second-order valence-corrected chi connectivity index (χ2v) is 9.05. The van der Waals surface area contributed by atoms with Crippen LogP contribution in [-0.4, -0.2) is 25.9 Å². The first kappa shape index (κ1) is 20.3. The van der Waals surface area contributed by atoms with Crippen LogP contribution in [0.25, 0.3) is 0 Å². The SMILES string of the molecule is O=C(Nc1ccc2c(c1)N(S(=O)(=O)c1ccc(F)cc1)CCC2)c1ccnc(Cl)c1. The molecule has 30 heavy (non-hydrogen) atoms. The molecule has 9 heteroatoms. The Labute approximate surface area is 178 Å². The first-order valence-corrected chi connectivity index (χ1v) is 11.0. The molecule has 6 nitrogen and oxygen atoms in total. The zero-order valence-corrected chi connectivity index (χ0v) is 17.3. The maximum atomic E-state index is 13.2. The number of fused-ring (bicyclic) bond motifs is 1. The van der Waals surface area contributed by atoms with Gasteiger partial charge < -0.3 is 5.32 Å². The molecule has 4 rings (SSSR count). The fourth-order valence-electron chi connectivity index (χ4n) is 3.35. The zero-order chi connectivity index (χ0) is 21.3. The Kier molecular flexibility index (Phi) is 5.44. The Morgan fingerprint density at radius 2 is 1.87 bits per heavy atom. The molecule has 0 saturated carbocycles. The van der Waals surface area contributed by atoms with Crippen LogP contribution in [-0.2, 0) is 16.4 Å². The molecule has 0 unspecified atom stereocenters. The Hall–Kier alpha value is -2.97. The van der Waals surface area contributed by atoms with E-state index in [0.717, 1.165) is 24.1 Å². The molecule has 154 valence electrons. The zero-order valence-electron chi connectivity index (χ0n) is 15.7. The Balaban J connectivity index is 1.66. The van der Waals surface area contributed by atoms with Gasteiger partial charge in [-0.05, 0) is 66.9 Å². The van der Waals surface area contributed by atoms with Crippen molar-refractivity contribution in [1.82, 2.24) is 4.98 Å². The highest BCUT2D eigenvalue weighted by Crippen LogP contribution is 2.34. The van der Waals surface area contributed by atoms with Crippen molar-refractivity contribution < 1.29 is 17.6 Å². The number of anilines is 2. The number of carbonyl (C=O) groups is 1. The smallest absolute Gasteiger partial charge is 0.264 e. The molecule has 1 aromatic heterocycles. The highest BCUT2D eigenvalue weighted by atomic mass is 35.5. The molecule has 2 heterocycles. The van der Waals surface area contributed by atoms with Gasteiger partial charge >= 0.3 is 0 Å². The van der Waals surface area contributed by atoms with Gasteiger partial charge in [-0.1, -0.05) is 17.7 Å². The summed E-state index contributed by atoms with van der Waals surface area (Å²) in [5, 5.41) is 2.96. The number of amides is 1. The number of nitrogens with one attached hydrogen (secondary N) is 1. The third-order valence-corrected chi connectivity index (χ3v) is 6.84. The van der Waals surface area contributed by atoms with E-state index in [1.54, 1.807) is 18.2 Å². The lowest BCUT2D eigenvalue weighted by Crippen LogP contribution is -2.35. The van der Waals surface area contributed by atoms with Gasteiger partial charge in [0.25, 0.3) is 15.9 Å². The van der Waals surface area contributed by atoms with Crippen molar-refractivity contribution in [1.29, 1.82) is 0 Å². The van der Waals surface area contributed by atoms with Crippen molar-refractivity contribution in [2.75, 3.05) is 16.2 Å². The number of rotatable bonds is 4. The van der Waals surface area contributed by atoms with Gasteiger partial charge in [0.2, 0.25) is 0 Å². The summed E-state index contributed by atoms with van der Waals surface area (Å²) >= 11 is 5.84. The predicted octanol–water partition coefficient (Wildman–Crippen LogP) is 4.27. The summed E-state index contributed by atoms with van der Waals surface area (Å²) in [6.07, 6.45) is 2.81. The molecule has 1 aliphatic rings. The van der Waals surface area contributed by atoms with Gasteiger partial charge in [0.15, 0.2) is 0 Å². The van der Waals surface area contributed by atoms with Crippen LogP contribution in [0.15, 0.2) is 65.7 Å². The van der Waals surface area contributed by atoms with E-state index >= 15 is 0 Å². The minimum absolute atomic E-state index is 0.0117. The van der Waals surface area contributed by atoms with E-state index in [-0.39, 0.29) is 16.0 Å². The molecule has 0 saturated heterocycles. The number of halogens is 2. The second kappa shape index (κ2) is 8.04. The standard InChI is InChI=1S/C21H17ClFN3O3S/c22-20-12-15(9-10-24-20)21(27)25-17-6-3-14-2-1-11-26(19(14)13-17)30(28,29)18-7-4-16(23)5-8-18/h3-10,12-13H,1-2,11H2,(H,25,27). The molecule has 0 spiro atoms. The average Bonchev–Trinajstić information content (AvgIpc) is 2.73. The largest absolute Gasteiger partial charge is 0.322 e. The maximum Gasteiger partial charge on any atom is 0.264 e.